The maximum Gasteiger partial charge on any atom is 0.342 e. The van der Waals surface area contributed by atoms with E-state index in [1.807, 2.05) is 12.1 Å². The average molecular weight is 465 g/mol. The molecule has 1 amide bonds. The number of nitrogens with zero attached hydrogens (tertiary/aromatic N) is 3. The number of aryl methyl sites for hydroxylation is 2. The van der Waals surface area contributed by atoms with Crippen LogP contribution in [0.25, 0.3) is 0 Å². The Morgan fingerprint density at radius 3 is 2.48 bits per heavy atom. The minimum atomic E-state index is -1.20. The quantitative estimate of drug-likeness (QED) is 0.297. The van der Waals surface area contributed by atoms with Gasteiger partial charge in [-0.2, -0.15) is 0 Å². The first kappa shape index (κ1) is 22.3. The summed E-state index contributed by atoms with van der Waals surface area (Å²) in [6.07, 6.45) is 0.383. The fourth-order valence-electron chi connectivity index (χ4n) is 2.98. The maximum atomic E-state index is 13.1. The van der Waals surface area contributed by atoms with E-state index in [2.05, 4.69) is 20.6 Å². The van der Waals surface area contributed by atoms with Gasteiger partial charge in [-0.25, -0.2) is 9.78 Å². The number of carbonyl (C=O) groups excluding carboxylic acids is 2. The first-order chi connectivity index (χ1) is 16.0. The summed E-state index contributed by atoms with van der Waals surface area (Å²) in [5.41, 5.74) is 1.49. The van der Waals surface area contributed by atoms with Crippen molar-refractivity contribution in [3.63, 3.8) is 0 Å². The molecule has 33 heavy (non-hydrogen) atoms. The van der Waals surface area contributed by atoms with Crippen LogP contribution in [-0.2, 0) is 15.3 Å². The number of rotatable bonds is 8. The lowest BCUT2D eigenvalue weighted by Gasteiger charge is -2.18. The Hall–Kier alpha value is -3.92. The molecular weight excluding hydrogens is 444 g/mol. The second-order valence-electron chi connectivity index (χ2n) is 7.08. The fraction of sp³-hybridized carbons (Fsp3) is 0.174. The Kier molecular flexibility index (Phi) is 6.84. The van der Waals surface area contributed by atoms with Crippen LogP contribution in [0.3, 0.4) is 0 Å². The summed E-state index contributed by atoms with van der Waals surface area (Å²) in [4.78, 5) is 30.4. The van der Waals surface area contributed by atoms with Gasteiger partial charge in [0.2, 0.25) is 6.10 Å². The van der Waals surface area contributed by atoms with Crippen LogP contribution in [0, 0.1) is 13.8 Å². The van der Waals surface area contributed by atoms with Gasteiger partial charge in [0.25, 0.3) is 5.91 Å². The van der Waals surface area contributed by atoms with E-state index in [1.54, 1.807) is 62.5 Å². The Morgan fingerprint density at radius 2 is 1.79 bits per heavy atom. The van der Waals surface area contributed by atoms with Gasteiger partial charge in [0.15, 0.2) is 5.82 Å². The van der Waals surface area contributed by atoms with Crippen LogP contribution in [0.4, 0.5) is 5.82 Å². The monoisotopic (exact) mass is 464 g/mol. The molecule has 1 N–H and O–H groups in total. The predicted molar refractivity (Wildman–Crippen MR) is 120 cm³/mol. The van der Waals surface area contributed by atoms with Crippen LogP contribution < -0.4 is 5.32 Å². The van der Waals surface area contributed by atoms with Gasteiger partial charge in [-0.3, -0.25) is 4.79 Å². The molecule has 10 heteroatoms. The van der Waals surface area contributed by atoms with E-state index in [0.717, 1.165) is 5.69 Å². The summed E-state index contributed by atoms with van der Waals surface area (Å²) in [6.45, 7) is 3.51. The molecule has 0 bridgehead atoms. The number of anilines is 1. The van der Waals surface area contributed by atoms with Crippen LogP contribution in [0.5, 0.6) is 0 Å². The first-order valence-electron chi connectivity index (χ1n) is 9.99. The Balaban J connectivity index is 1.53. The van der Waals surface area contributed by atoms with E-state index in [9.17, 15) is 9.59 Å². The molecular formula is C23H20N4O5S. The second kappa shape index (κ2) is 10.1. The molecule has 9 nitrogen and oxygen atoms in total. The van der Waals surface area contributed by atoms with Crippen LogP contribution in [0.1, 0.15) is 39.2 Å². The van der Waals surface area contributed by atoms with E-state index < -0.39 is 18.0 Å². The molecule has 0 aliphatic carbocycles. The molecule has 0 radical (unpaired) electrons. The standard InChI is InChI=1S/C23H20N4O5S/c1-14-11-17(26-31-14)13-33-22-18(9-6-10-24-22)23(29)30-20(16-7-4-3-5-8-16)21(28)25-19-12-15(2)32-27-19/h3-12,20H,13H2,1-2H3,(H,25,27,28). The summed E-state index contributed by atoms with van der Waals surface area (Å²) in [5.74, 6) is 0.697. The number of hydrogen-bond acceptors (Lipinski definition) is 9. The summed E-state index contributed by atoms with van der Waals surface area (Å²) in [5, 5.41) is 10.8. The number of ether oxygens (including phenoxy) is 1. The molecule has 0 saturated carbocycles. The number of hydrogen-bond donors (Lipinski definition) is 1. The van der Waals surface area contributed by atoms with Crippen LogP contribution in [0.15, 0.2) is 74.9 Å². The number of amides is 1. The summed E-state index contributed by atoms with van der Waals surface area (Å²) in [6, 6.07) is 15.4. The van der Waals surface area contributed by atoms with Gasteiger partial charge in [0, 0.05) is 29.6 Å². The van der Waals surface area contributed by atoms with E-state index >= 15 is 0 Å². The van der Waals surface area contributed by atoms with Crippen molar-refractivity contribution in [1.82, 2.24) is 15.3 Å². The van der Waals surface area contributed by atoms with Crippen molar-refractivity contribution in [3.8, 4) is 0 Å². The Bertz CT molecular complexity index is 1250. The average Bonchev–Trinajstić information content (AvgIpc) is 3.43. The highest BCUT2D eigenvalue weighted by Gasteiger charge is 2.28. The van der Waals surface area contributed by atoms with Gasteiger partial charge in [-0.05, 0) is 26.0 Å². The molecule has 3 aromatic heterocycles. The summed E-state index contributed by atoms with van der Waals surface area (Å²) < 4.78 is 15.7. The molecule has 1 atom stereocenters. The SMILES string of the molecule is Cc1cc(CSc2ncccc2C(=O)OC(C(=O)Nc2cc(C)on2)c2ccccc2)no1. The third kappa shape index (κ3) is 5.66. The molecule has 168 valence electrons. The fourth-order valence-corrected chi connectivity index (χ4v) is 3.84. The van der Waals surface area contributed by atoms with Gasteiger partial charge in [-0.15, -0.1) is 0 Å². The number of carbonyl (C=O) groups is 2. The first-order valence-corrected chi connectivity index (χ1v) is 11.0. The van der Waals surface area contributed by atoms with Crippen molar-refractivity contribution in [2.24, 2.45) is 0 Å². The van der Waals surface area contributed by atoms with Gasteiger partial charge in [0.05, 0.1) is 11.3 Å². The molecule has 4 rings (SSSR count). The number of esters is 1. The van der Waals surface area contributed by atoms with Crippen molar-refractivity contribution in [2.45, 2.75) is 30.7 Å². The van der Waals surface area contributed by atoms with Crippen LogP contribution in [0.2, 0.25) is 0 Å². The lowest BCUT2D eigenvalue weighted by molar-refractivity contribution is -0.125. The molecule has 3 heterocycles. The molecule has 0 spiro atoms. The maximum absolute atomic E-state index is 13.1. The van der Waals surface area contributed by atoms with Crippen LogP contribution >= 0.6 is 11.8 Å². The molecule has 0 saturated heterocycles. The zero-order valence-electron chi connectivity index (χ0n) is 17.8. The molecule has 1 aromatic carbocycles. The van der Waals surface area contributed by atoms with Gasteiger partial charge in [0.1, 0.15) is 16.5 Å². The number of benzene rings is 1. The Morgan fingerprint density at radius 1 is 1.03 bits per heavy atom. The number of aromatic nitrogens is 3. The molecule has 4 aromatic rings. The number of thioether (sulfide) groups is 1. The van der Waals surface area contributed by atoms with Crippen molar-refractivity contribution in [2.75, 3.05) is 5.32 Å². The number of pyridine rings is 1. The van der Waals surface area contributed by atoms with Crippen molar-refractivity contribution >= 4 is 29.5 Å². The highest BCUT2D eigenvalue weighted by Crippen LogP contribution is 2.27. The largest absolute Gasteiger partial charge is 0.444 e. The van der Waals surface area contributed by atoms with Crippen molar-refractivity contribution in [1.29, 1.82) is 0 Å². The minimum absolute atomic E-state index is 0.231. The normalized spacial score (nSPS) is 11.7. The van der Waals surface area contributed by atoms with E-state index in [-0.39, 0.29) is 11.4 Å². The number of nitrogens with one attached hydrogen (secondary N) is 1. The molecule has 0 fully saturated rings. The molecule has 1 unspecified atom stereocenters. The minimum Gasteiger partial charge on any atom is -0.444 e. The topological polar surface area (TPSA) is 120 Å². The van der Waals surface area contributed by atoms with Gasteiger partial charge >= 0.3 is 5.97 Å². The lowest BCUT2D eigenvalue weighted by Crippen LogP contribution is -2.26. The van der Waals surface area contributed by atoms with Crippen LogP contribution in [-0.4, -0.2) is 27.2 Å². The summed E-state index contributed by atoms with van der Waals surface area (Å²) in [7, 11) is 0. The third-order valence-corrected chi connectivity index (χ3v) is 5.51. The van der Waals surface area contributed by atoms with E-state index in [1.165, 1.54) is 11.8 Å². The molecule has 0 aliphatic heterocycles. The second-order valence-corrected chi connectivity index (χ2v) is 8.05. The lowest BCUT2D eigenvalue weighted by atomic mass is 10.1. The Labute approximate surface area is 193 Å². The third-order valence-electron chi connectivity index (χ3n) is 4.47. The zero-order valence-corrected chi connectivity index (χ0v) is 18.7. The molecule has 0 aliphatic rings. The highest BCUT2D eigenvalue weighted by atomic mass is 32.2. The smallest absolute Gasteiger partial charge is 0.342 e. The zero-order chi connectivity index (χ0) is 23.2. The highest BCUT2D eigenvalue weighted by molar-refractivity contribution is 7.98. The van der Waals surface area contributed by atoms with Crippen molar-refractivity contribution < 1.29 is 23.4 Å². The van der Waals surface area contributed by atoms with E-state index in [4.69, 9.17) is 13.8 Å². The van der Waals surface area contributed by atoms with E-state index in [0.29, 0.717) is 27.9 Å². The summed E-state index contributed by atoms with van der Waals surface area (Å²) >= 11 is 1.32. The van der Waals surface area contributed by atoms with Gasteiger partial charge < -0.3 is 19.1 Å². The van der Waals surface area contributed by atoms with Gasteiger partial charge in [-0.1, -0.05) is 52.4 Å². The van der Waals surface area contributed by atoms with Crippen molar-refractivity contribution in [3.05, 3.63) is 89.1 Å². The predicted octanol–water partition coefficient (Wildman–Crippen LogP) is 4.50.